The number of amides is 2. The van der Waals surface area contributed by atoms with Gasteiger partial charge in [0.2, 0.25) is 11.8 Å². The fourth-order valence-electron chi connectivity index (χ4n) is 3.39. The van der Waals surface area contributed by atoms with Gasteiger partial charge in [-0.05, 0) is 17.7 Å². The number of piperazine rings is 1. The van der Waals surface area contributed by atoms with Crippen LogP contribution in [0.5, 0.6) is 0 Å². The van der Waals surface area contributed by atoms with Crippen molar-refractivity contribution in [2.45, 2.75) is 13.5 Å². The third kappa shape index (κ3) is 5.72. The first-order valence-electron chi connectivity index (χ1n) is 9.27. The molecule has 0 unspecified atom stereocenters. The van der Waals surface area contributed by atoms with E-state index in [1.807, 2.05) is 28.8 Å². The Morgan fingerprint density at radius 2 is 1.77 bits per heavy atom. The Morgan fingerprint density at radius 1 is 1.04 bits per heavy atom. The van der Waals surface area contributed by atoms with Gasteiger partial charge in [-0.25, -0.2) is 0 Å². The fourth-order valence-corrected chi connectivity index (χ4v) is 4.37. The normalized spacial score (nSPS) is 19.3. The van der Waals surface area contributed by atoms with Gasteiger partial charge in [-0.15, -0.1) is 0 Å². The molecule has 0 bridgehead atoms. The molecule has 1 aromatic rings. The van der Waals surface area contributed by atoms with Crippen molar-refractivity contribution >= 4 is 29.3 Å². The van der Waals surface area contributed by atoms with Crippen LogP contribution in [0.3, 0.4) is 0 Å². The molecule has 2 amide bonds. The molecule has 0 atom stereocenters. The van der Waals surface area contributed by atoms with Crippen LogP contribution in [-0.2, 0) is 16.1 Å². The summed E-state index contributed by atoms with van der Waals surface area (Å²) >= 11 is 2.01. The van der Waals surface area contributed by atoms with E-state index in [1.165, 1.54) is 17.1 Å². The first-order valence-corrected chi connectivity index (χ1v) is 10.4. The second-order valence-electron chi connectivity index (χ2n) is 6.92. The lowest BCUT2D eigenvalue weighted by atomic mass is 10.2. The van der Waals surface area contributed by atoms with Crippen LogP contribution in [-0.4, -0.2) is 83.8 Å². The molecule has 0 radical (unpaired) electrons. The Hall–Kier alpha value is -1.57. The van der Waals surface area contributed by atoms with Crippen molar-refractivity contribution in [3.8, 4) is 0 Å². The molecule has 2 aliphatic rings. The number of anilines is 1. The summed E-state index contributed by atoms with van der Waals surface area (Å²) in [6, 6.07) is 8.15. The number of nitrogens with zero attached hydrogens (tertiary/aromatic N) is 3. The van der Waals surface area contributed by atoms with E-state index in [2.05, 4.69) is 27.2 Å². The van der Waals surface area contributed by atoms with Gasteiger partial charge in [-0.3, -0.25) is 19.4 Å². The standard InChI is InChI=1S/C19H28N4O2S/c1-16(24)23-7-5-21(6-8-23)15-19(25)20-18-4-2-3-17(13-18)14-22-9-11-26-12-10-22/h2-4,13H,5-12,14-15H2,1H3,(H,20,25). The summed E-state index contributed by atoms with van der Waals surface area (Å²) in [4.78, 5) is 30.1. The summed E-state index contributed by atoms with van der Waals surface area (Å²) in [5, 5.41) is 3.02. The van der Waals surface area contributed by atoms with Crippen molar-refractivity contribution in [1.29, 1.82) is 0 Å². The Labute approximate surface area is 159 Å². The lowest BCUT2D eigenvalue weighted by Crippen LogP contribution is -2.49. The zero-order valence-electron chi connectivity index (χ0n) is 15.4. The summed E-state index contributed by atoms with van der Waals surface area (Å²) in [6.45, 7) is 8.08. The Balaban J connectivity index is 1.47. The molecule has 7 heteroatoms. The number of hydrogen-bond acceptors (Lipinski definition) is 5. The number of hydrogen-bond donors (Lipinski definition) is 1. The summed E-state index contributed by atoms with van der Waals surface area (Å²) in [6.07, 6.45) is 0. The minimum Gasteiger partial charge on any atom is -0.340 e. The van der Waals surface area contributed by atoms with Crippen molar-refractivity contribution in [3.05, 3.63) is 29.8 Å². The number of carbonyl (C=O) groups is 2. The Morgan fingerprint density at radius 3 is 2.46 bits per heavy atom. The number of benzene rings is 1. The van der Waals surface area contributed by atoms with Crippen LogP contribution in [0.4, 0.5) is 5.69 Å². The van der Waals surface area contributed by atoms with Crippen LogP contribution in [0.2, 0.25) is 0 Å². The molecule has 1 N–H and O–H groups in total. The maximum Gasteiger partial charge on any atom is 0.238 e. The average Bonchev–Trinajstić information content (AvgIpc) is 2.63. The molecule has 0 spiro atoms. The van der Waals surface area contributed by atoms with Crippen LogP contribution in [0.25, 0.3) is 0 Å². The highest BCUT2D eigenvalue weighted by atomic mass is 32.2. The van der Waals surface area contributed by atoms with Gasteiger partial charge in [0.15, 0.2) is 0 Å². The summed E-state index contributed by atoms with van der Waals surface area (Å²) in [5.74, 6) is 2.52. The molecule has 6 nitrogen and oxygen atoms in total. The van der Waals surface area contributed by atoms with Crippen LogP contribution in [0.1, 0.15) is 12.5 Å². The lowest BCUT2D eigenvalue weighted by molar-refractivity contribution is -0.130. The molecule has 26 heavy (non-hydrogen) atoms. The number of thioether (sulfide) groups is 1. The van der Waals surface area contributed by atoms with Crippen LogP contribution in [0.15, 0.2) is 24.3 Å². The van der Waals surface area contributed by atoms with E-state index in [9.17, 15) is 9.59 Å². The second-order valence-corrected chi connectivity index (χ2v) is 8.14. The topological polar surface area (TPSA) is 55.9 Å². The molecule has 142 valence electrons. The molecule has 0 aromatic heterocycles. The number of rotatable bonds is 5. The summed E-state index contributed by atoms with van der Waals surface area (Å²) < 4.78 is 0. The van der Waals surface area contributed by atoms with Crippen LogP contribution in [0, 0.1) is 0 Å². The molecule has 2 heterocycles. The van der Waals surface area contributed by atoms with Crippen molar-refractivity contribution < 1.29 is 9.59 Å². The van der Waals surface area contributed by atoms with Crippen LogP contribution >= 0.6 is 11.8 Å². The highest BCUT2D eigenvalue weighted by Crippen LogP contribution is 2.16. The highest BCUT2D eigenvalue weighted by Gasteiger charge is 2.20. The molecule has 0 saturated carbocycles. The minimum absolute atomic E-state index is 0.00722. The van der Waals surface area contributed by atoms with Crippen molar-refractivity contribution in [1.82, 2.24) is 14.7 Å². The third-order valence-corrected chi connectivity index (χ3v) is 5.85. The predicted molar refractivity (Wildman–Crippen MR) is 106 cm³/mol. The molecular weight excluding hydrogens is 348 g/mol. The molecule has 3 rings (SSSR count). The summed E-state index contributed by atoms with van der Waals surface area (Å²) in [5.41, 5.74) is 2.10. The lowest BCUT2D eigenvalue weighted by Gasteiger charge is -2.33. The largest absolute Gasteiger partial charge is 0.340 e. The quantitative estimate of drug-likeness (QED) is 0.840. The second kappa shape index (κ2) is 9.39. The number of nitrogens with one attached hydrogen (secondary N) is 1. The van der Waals surface area contributed by atoms with Crippen molar-refractivity contribution in [2.75, 3.05) is 62.6 Å². The van der Waals surface area contributed by atoms with E-state index >= 15 is 0 Å². The van der Waals surface area contributed by atoms with Gasteiger partial charge in [0.25, 0.3) is 0 Å². The van der Waals surface area contributed by atoms with Gasteiger partial charge in [0.05, 0.1) is 6.54 Å². The molecule has 0 aliphatic carbocycles. The van der Waals surface area contributed by atoms with E-state index in [1.54, 1.807) is 6.92 Å². The van der Waals surface area contributed by atoms with Crippen LogP contribution < -0.4 is 5.32 Å². The third-order valence-electron chi connectivity index (χ3n) is 4.91. The molecule has 2 aliphatic heterocycles. The van der Waals surface area contributed by atoms with Gasteiger partial charge in [0, 0.05) is 69.9 Å². The van der Waals surface area contributed by atoms with Gasteiger partial charge < -0.3 is 10.2 Å². The zero-order chi connectivity index (χ0) is 18.4. The van der Waals surface area contributed by atoms with Crippen molar-refractivity contribution in [2.24, 2.45) is 0 Å². The molecule has 1 aromatic carbocycles. The molecule has 2 fully saturated rings. The maximum absolute atomic E-state index is 12.4. The van der Waals surface area contributed by atoms with Gasteiger partial charge >= 0.3 is 0 Å². The zero-order valence-corrected chi connectivity index (χ0v) is 16.3. The fraction of sp³-hybridized carbons (Fsp3) is 0.579. The minimum atomic E-state index is 0.00722. The van der Waals surface area contributed by atoms with Gasteiger partial charge in [0.1, 0.15) is 0 Å². The number of carbonyl (C=O) groups excluding carboxylic acids is 2. The molecular formula is C19H28N4O2S. The average molecular weight is 377 g/mol. The van der Waals surface area contributed by atoms with E-state index in [0.717, 1.165) is 38.4 Å². The van der Waals surface area contributed by atoms with E-state index in [4.69, 9.17) is 0 Å². The van der Waals surface area contributed by atoms with E-state index in [0.29, 0.717) is 19.6 Å². The molecule has 2 saturated heterocycles. The maximum atomic E-state index is 12.4. The van der Waals surface area contributed by atoms with E-state index < -0.39 is 0 Å². The first-order chi connectivity index (χ1) is 12.6. The van der Waals surface area contributed by atoms with Crippen molar-refractivity contribution in [3.63, 3.8) is 0 Å². The smallest absolute Gasteiger partial charge is 0.238 e. The Bertz CT molecular complexity index is 626. The highest BCUT2D eigenvalue weighted by molar-refractivity contribution is 7.99. The SMILES string of the molecule is CC(=O)N1CCN(CC(=O)Nc2cccc(CN3CCSCC3)c2)CC1. The van der Waals surface area contributed by atoms with Gasteiger partial charge in [-0.2, -0.15) is 11.8 Å². The predicted octanol–water partition coefficient (Wildman–Crippen LogP) is 1.34. The summed E-state index contributed by atoms with van der Waals surface area (Å²) in [7, 11) is 0. The van der Waals surface area contributed by atoms with Gasteiger partial charge in [-0.1, -0.05) is 12.1 Å². The monoisotopic (exact) mass is 376 g/mol. The Kier molecular flexibility index (Phi) is 6.93. The first kappa shape index (κ1) is 19.2. The van der Waals surface area contributed by atoms with E-state index in [-0.39, 0.29) is 11.8 Å².